The summed E-state index contributed by atoms with van der Waals surface area (Å²) in [6.45, 7) is 3.61. The molecule has 0 aliphatic rings. The molecule has 0 fully saturated rings. The van der Waals surface area contributed by atoms with E-state index in [0.29, 0.717) is 22.6 Å². The number of aryl methyl sites for hydroxylation is 1. The molecule has 0 amide bonds. The van der Waals surface area contributed by atoms with Gasteiger partial charge in [-0.2, -0.15) is 14.9 Å². The van der Waals surface area contributed by atoms with E-state index in [1.54, 1.807) is 38.4 Å². The molecule has 2 heterocycles. The molecular formula is C17H14BrN5O. The van der Waals surface area contributed by atoms with Crippen LogP contribution in [-0.2, 0) is 0 Å². The van der Waals surface area contributed by atoms with Crippen LogP contribution < -0.4 is 0 Å². The van der Waals surface area contributed by atoms with Gasteiger partial charge in [-0.25, -0.2) is 0 Å². The molecule has 2 aromatic heterocycles. The molecule has 3 rings (SSSR count). The Labute approximate surface area is 147 Å². The van der Waals surface area contributed by atoms with Crippen molar-refractivity contribution >= 4 is 33.2 Å². The van der Waals surface area contributed by atoms with Crippen molar-refractivity contribution in [3.8, 4) is 0 Å². The Morgan fingerprint density at radius 3 is 2.38 bits per heavy atom. The van der Waals surface area contributed by atoms with Gasteiger partial charge in [-0.1, -0.05) is 15.9 Å². The van der Waals surface area contributed by atoms with Crippen LogP contribution in [0.15, 0.2) is 63.5 Å². The molecule has 0 aliphatic heterocycles. The van der Waals surface area contributed by atoms with E-state index >= 15 is 0 Å². The van der Waals surface area contributed by atoms with Gasteiger partial charge >= 0.3 is 0 Å². The maximum atomic E-state index is 12.5. The molecule has 24 heavy (non-hydrogen) atoms. The Morgan fingerprint density at radius 2 is 1.71 bits per heavy atom. The number of hydrogen-bond acceptors (Lipinski definition) is 5. The van der Waals surface area contributed by atoms with Gasteiger partial charge in [-0.15, -0.1) is 5.11 Å². The zero-order chi connectivity index (χ0) is 17.1. The van der Waals surface area contributed by atoms with Crippen molar-refractivity contribution < 1.29 is 4.79 Å². The highest BCUT2D eigenvalue weighted by Gasteiger charge is 2.17. The minimum Gasteiger partial charge on any atom is -0.267 e. The van der Waals surface area contributed by atoms with Gasteiger partial charge in [0.1, 0.15) is 5.69 Å². The second-order valence-corrected chi connectivity index (χ2v) is 6.06. The molecule has 6 nitrogen and oxygen atoms in total. The number of nitrogens with zero attached hydrogens (tertiary/aromatic N) is 5. The standard InChI is InChI=1S/C17H14BrN5O/c1-11-16(21-20-15-5-3-14(18)4-6-15)12(2)23(22-11)17(24)13-7-9-19-10-8-13/h3-10H,1-2H3. The Balaban J connectivity index is 1.92. The Hall–Kier alpha value is -2.67. The van der Waals surface area contributed by atoms with Crippen molar-refractivity contribution in [3.63, 3.8) is 0 Å². The predicted molar refractivity (Wildman–Crippen MR) is 94.0 cm³/mol. The molecular weight excluding hydrogens is 370 g/mol. The highest BCUT2D eigenvalue weighted by atomic mass is 79.9. The fraction of sp³-hybridized carbons (Fsp3) is 0.118. The molecule has 0 aliphatic carbocycles. The molecule has 0 saturated carbocycles. The van der Waals surface area contributed by atoms with Crippen molar-refractivity contribution in [3.05, 3.63) is 70.2 Å². The van der Waals surface area contributed by atoms with Crippen LogP contribution in [0.3, 0.4) is 0 Å². The number of halogens is 1. The highest BCUT2D eigenvalue weighted by molar-refractivity contribution is 9.10. The molecule has 0 spiro atoms. The van der Waals surface area contributed by atoms with E-state index in [-0.39, 0.29) is 5.91 Å². The van der Waals surface area contributed by atoms with Gasteiger partial charge in [-0.05, 0) is 50.2 Å². The molecule has 1 aromatic carbocycles. The van der Waals surface area contributed by atoms with Gasteiger partial charge in [0.15, 0.2) is 0 Å². The first kappa shape index (κ1) is 16.2. The van der Waals surface area contributed by atoms with Crippen molar-refractivity contribution in [2.45, 2.75) is 13.8 Å². The minimum atomic E-state index is -0.219. The Morgan fingerprint density at radius 1 is 1.04 bits per heavy atom. The quantitative estimate of drug-likeness (QED) is 0.611. The van der Waals surface area contributed by atoms with Gasteiger partial charge in [-0.3, -0.25) is 9.78 Å². The molecule has 0 bridgehead atoms. The highest BCUT2D eigenvalue weighted by Crippen LogP contribution is 2.26. The van der Waals surface area contributed by atoms with Crippen molar-refractivity contribution in [2.75, 3.05) is 0 Å². The third-order valence-electron chi connectivity index (χ3n) is 3.46. The zero-order valence-electron chi connectivity index (χ0n) is 13.1. The first-order chi connectivity index (χ1) is 11.6. The number of benzene rings is 1. The summed E-state index contributed by atoms with van der Waals surface area (Å²) in [5.74, 6) is -0.219. The van der Waals surface area contributed by atoms with Gasteiger partial charge in [0.05, 0.1) is 17.1 Å². The summed E-state index contributed by atoms with van der Waals surface area (Å²) >= 11 is 3.38. The van der Waals surface area contributed by atoms with E-state index in [1.807, 2.05) is 24.3 Å². The Kier molecular flexibility index (Phi) is 4.61. The van der Waals surface area contributed by atoms with Crippen LogP contribution in [-0.4, -0.2) is 20.7 Å². The normalized spacial score (nSPS) is 11.1. The lowest BCUT2D eigenvalue weighted by Crippen LogP contribution is -2.15. The van der Waals surface area contributed by atoms with Crippen LogP contribution in [0.5, 0.6) is 0 Å². The number of carbonyl (C=O) groups is 1. The third-order valence-corrected chi connectivity index (χ3v) is 3.99. The summed E-state index contributed by atoms with van der Waals surface area (Å²) in [5, 5.41) is 12.8. The molecule has 0 radical (unpaired) electrons. The summed E-state index contributed by atoms with van der Waals surface area (Å²) in [5.41, 5.74) is 3.14. The minimum absolute atomic E-state index is 0.219. The average Bonchev–Trinajstić information content (AvgIpc) is 2.89. The predicted octanol–water partition coefficient (Wildman–Crippen LogP) is 4.76. The van der Waals surface area contributed by atoms with Gasteiger partial charge in [0.2, 0.25) is 0 Å². The SMILES string of the molecule is Cc1nn(C(=O)c2ccncc2)c(C)c1N=Nc1ccc(Br)cc1. The number of carbonyl (C=O) groups excluding carboxylic acids is 1. The summed E-state index contributed by atoms with van der Waals surface area (Å²) in [4.78, 5) is 16.5. The van der Waals surface area contributed by atoms with Crippen molar-refractivity contribution in [1.82, 2.24) is 14.8 Å². The van der Waals surface area contributed by atoms with Crippen molar-refractivity contribution in [2.24, 2.45) is 10.2 Å². The third kappa shape index (κ3) is 3.30. The number of aromatic nitrogens is 3. The lowest BCUT2D eigenvalue weighted by atomic mass is 10.2. The molecule has 0 saturated heterocycles. The molecule has 120 valence electrons. The summed E-state index contributed by atoms with van der Waals surface area (Å²) in [6.07, 6.45) is 3.15. The second-order valence-electron chi connectivity index (χ2n) is 5.15. The van der Waals surface area contributed by atoms with Crippen LogP contribution in [0.2, 0.25) is 0 Å². The van der Waals surface area contributed by atoms with E-state index in [2.05, 4.69) is 36.2 Å². The van der Waals surface area contributed by atoms with E-state index in [0.717, 1.165) is 10.2 Å². The summed E-state index contributed by atoms with van der Waals surface area (Å²) in [7, 11) is 0. The summed E-state index contributed by atoms with van der Waals surface area (Å²) < 4.78 is 2.32. The smallest absolute Gasteiger partial charge is 0.267 e. The summed E-state index contributed by atoms with van der Waals surface area (Å²) in [6, 6.07) is 10.8. The average molecular weight is 384 g/mol. The van der Waals surface area contributed by atoms with E-state index in [1.165, 1.54) is 4.68 Å². The molecule has 7 heteroatoms. The molecule has 0 N–H and O–H groups in total. The molecule has 0 unspecified atom stereocenters. The topological polar surface area (TPSA) is 72.5 Å². The number of rotatable bonds is 3. The van der Waals surface area contributed by atoms with E-state index in [9.17, 15) is 4.79 Å². The largest absolute Gasteiger partial charge is 0.278 e. The fourth-order valence-corrected chi connectivity index (χ4v) is 2.47. The fourth-order valence-electron chi connectivity index (χ4n) is 2.21. The number of azo groups is 1. The maximum Gasteiger partial charge on any atom is 0.278 e. The molecule has 0 atom stereocenters. The van der Waals surface area contributed by atoms with Crippen LogP contribution in [0.1, 0.15) is 21.7 Å². The van der Waals surface area contributed by atoms with Gasteiger partial charge in [0.25, 0.3) is 5.91 Å². The van der Waals surface area contributed by atoms with Crippen molar-refractivity contribution in [1.29, 1.82) is 0 Å². The first-order valence-electron chi connectivity index (χ1n) is 7.24. The number of pyridine rings is 1. The van der Waals surface area contributed by atoms with Crippen LogP contribution in [0.4, 0.5) is 11.4 Å². The molecule has 3 aromatic rings. The first-order valence-corrected chi connectivity index (χ1v) is 8.04. The van der Waals surface area contributed by atoms with E-state index in [4.69, 9.17) is 0 Å². The maximum absolute atomic E-state index is 12.5. The van der Waals surface area contributed by atoms with E-state index < -0.39 is 0 Å². The van der Waals surface area contributed by atoms with Crippen LogP contribution >= 0.6 is 15.9 Å². The second kappa shape index (κ2) is 6.84. The Bertz CT molecular complexity index is 901. The zero-order valence-corrected chi connectivity index (χ0v) is 14.7. The monoisotopic (exact) mass is 383 g/mol. The van der Waals surface area contributed by atoms with Gasteiger partial charge in [0, 0.05) is 22.4 Å². The van der Waals surface area contributed by atoms with Gasteiger partial charge < -0.3 is 0 Å². The lowest BCUT2D eigenvalue weighted by molar-refractivity contribution is 0.0942. The lowest BCUT2D eigenvalue weighted by Gasteiger charge is -2.02. The van der Waals surface area contributed by atoms with Crippen LogP contribution in [0, 0.1) is 13.8 Å². The number of hydrogen-bond donors (Lipinski definition) is 0. The van der Waals surface area contributed by atoms with Crippen LogP contribution in [0.25, 0.3) is 0 Å².